The normalized spacial score (nSPS) is 12.8. The Balaban J connectivity index is 2.47. The third-order valence-corrected chi connectivity index (χ3v) is 2.59. The highest BCUT2D eigenvalue weighted by molar-refractivity contribution is 6.31. The molecule has 0 fully saturated rings. The summed E-state index contributed by atoms with van der Waals surface area (Å²) in [4.78, 5) is 0. The van der Waals surface area contributed by atoms with Gasteiger partial charge >= 0.3 is 0 Å². The standard InChI is InChI=1S/C13H20ClNO2/c1-9(2)16-6-7-17-11-4-5-12(10(3)15)13(14)8-11/h4-5,8-10H,6-7,15H2,1-3H3. The molecular formula is C13H20ClNO2. The van der Waals surface area contributed by atoms with E-state index in [1.54, 1.807) is 6.07 Å². The van der Waals surface area contributed by atoms with Crippen molar-refractivity contribution < 1.29 is 9.47 Å². The van der Waals surface area contributed by atoms with E-state index in [1.165, 1.54) is 0 Å². The molecule has 17 heavy (non-hydrogen) atoms. The molecule has 4 heteroatoms. The minimum atomic E-state index is -0.0687. The second-order valence-corrected chi connectivity index (χ2v) is 4.65. The number of rotatable bonds is 6. The molecule has 0 radical (unpaired) electrons. The third-order valence-electron chi connectivity index (χ3n) is 2.27. The van der Waals surface area contributed by atoms with Crippen LogP contribution in [-0.4, -0.2) is 19.3 Å². The van der Waals surface area contributed by atoms with Crippen LogP contribution < -0.4 is 10.5 Å². The molecule has 1 unspecified atom stereocenters. The van der Waals surface area contributed by atoms with E-state index in [4.69, 9.17) is 26.8 Å². The molecule has 3 nitrogen and oxygen atoms in total. The van der Waals surface area contributed by atoms with Crippen LogP contribution in [0.4, 0.5) is 0 Å². The first-order valence-electron chi connectivity index (χ1n) is 5.80. The maximum atomic E-state index is 6.10. The Morgan fingerprint density at radius 1 is 1.24 bits per heavy atom. The zero-order chi connectivity index (χ0) is 12.8. The van der Waals surface area contributed by atoms with Gasteiger partial charge in [-0.25, -0.2) is 0 Å². The number of hydrogen-bond acceptors (Lipinski definition) is 3. The minimum absolute atomic E-state index is 0.0687. The molecule has 0 saturated heterocycles. The molecule has 96 valence electrons. The molecule has 1 aromatic carbocycles. The van der Waals surface area contributed by atoms with E-state index < -0.39 is 0 Å². The zero-order valence-electron chi connectivity index (χ0n) is 10.6. The van der Waals surface area contributed by atoms with Crippen LogP contribution in [0.25, 0.3) is 0 Å². The lowest BCUT2D eigenvalue weighted by Gasteiger charge is -2.12. The summed E-state index contributed by atoms with van der Waals surface area (Å²) in [6.45, 7) is 6.98. The van der Waals surface area contributed by atoms with Gasteiger partial charge in [-0.15, -0.1) is 0 Å². The highest BCUT2D eigenvalue weighted by Gasteiger charge is 2.06. The molecule has 0 amide bonds. The van der Waals surface area contributed by atoms with Gasteiger partial charge in [-0.05, 0) is 38.5 Å². The fraction of sp³-hybridized carbons (Fsp3) is 0.538. The lowest BCUT2D eigenvalue weighted by molar-refractivity contribution is 0.0552. The van der Waals surface area contributed by atoms with Gasteiger partial charge in [0.05, 0.1) is 12.7 Å². The van der Waals surface area contributed by atoms with Crippen molar-refractivity contribution in [2.45, 2.75) is 32.9 Å². The molecule has 0 aliphatic rings. The van der Waals surface area contributed by atoms with E-state index in [2.05, 4.69) is 0 Å². The summed E-state index contributed by atoms with van der Waals surface area (Å²) in [6.07, 6.45) is 0.225. The average molecular weight is 258 g/mol. The fourth-order valence-corrected chi connectivity index (χ4v) is 1.75. The zero-order valence-corrected chi connectivity index (χ0v) is 11.3. The first kappa shape index (κ1) is 14.3. The highest BCUT2D eigenvalue weighted by atomic mass is 35.5. The van der Waals surface area contributed by atoms with Gasteiger partial charge in [0.2, 0.25) is 0 Å². The van der Waals surface area contributed by atoms with E-state index in [-0.39, 0.29) is 12.1 Å². The second kappa shape index (κ2) is 6.84. The number of halogens is 1. The van der Waals surface area contributed by atoms with Crippen LogP contribution in [0.2, 0.25) is 5.02 Å². The van der Waals surface area contributed by atoms with Crippen molar-refractivity contribution in [2.75, 3.05) is 13.2 Å². The van der Waals surface area contributed by atoms with Gasteiger partial charge in [-0.3, -0.25) is 0 Å². The minimum Gasteiger partial charge on any atom is -0.491 e. The van der Waals surface area contributed by atoms with Crippen LogP contribution in [0.15, 0.2) is 18.2 Å². The maximum absolute atomic E-state index is 6.10. The van der Waals surface area contributed by atoms with E-state index in [0.29, 0.717) is 18.2 Å². The molecule has 0 spiro atoms. The molecule has 1 atom stereocenters. The maximum Gasteiger partial charge on any atom is 0.120 e. The van der Waals surface area contributed by atoms with Crippen LogP contribution in [0.5, 0.6) is 5.75 Å². The smallest absolute Gasteiger partial charge is 0.120 e. The predicted octanol–water partition coefficient (Wildman–Crippen LogP) is 3.16. The Hall–Kier alpha value is -0.770. The summed E-state index contributed by atoms with van der Waals surface area (Å²) in [5, 5.41) is 0.641. The van der Waals surface area contributed by atoms with E-state index in [0.717, 1.165) is 11.3 Å². The first-order valence-corrected chi connectivity index (χ1v) is 6.18. The van der Waals surface area contributed by atoms with E-state index in [9.17, 15) is 0 Å². The lowest BCUT2D eigenvalue weighted by Crippen LogP contribution is -2.11. The topological polar surface area (TPSA) is 44.5 Å². The third kappa shape index (κ3) is 4.94. The summed E-state index contributed by atoms with van der Waals surface area (Å²) in [7, 11) is 0. The molecule has 0 heterocycles. The largest absolute Gasteiger partial charge is 0.491 e. The fourth-order valence-electron chi connectivity index (χ4n) is 1.41. The summed E-state index contributed by atoms with van der Waals surface area (Å²) in [5.74, 6) is 0.742. The molecule has 1 aromatic rings. The molecule has 1 rings (SSSR count). The van der Waals surface area contributed by atoms with Crippen LogP contribution in [0, 0.1) is 0 Å². The Labute approximate surface area is 108 Å². The average Bonchev–Trinajstić information content (AvgIpc) is 2.23. The Morgan fingerprint density at radius 3 is 2.47 bits per heavy atom. The lowest BCUT2D eigenvalue weighted by atomic mass is 10.1. The molecule has 0 aliphatic heterocycles. The van der Waals surface area contributed by atoms with Gasteiger partial charge in [0.1, 0.15) is 12.4 Å². The number of benzene rings is 1. The Bertz CT molecular complexity index is 353. The number of hydrogen-bond donors (Lipinski definition) is 1. The molecule has 0 aliphatic carbocycles. The van der Waals surface area contributed by atoms with Crippen LogP contribution in [0.1, 0.15) is 32.4 Å². The van der Waals surface area contributed by atoms with E-state index in [1.807, 2.05) is 32.9 Å². The van der Waals surface area contributed by atoms with Crippen molar-refractivity contribution in [1.82, 2.24) is 0 Å². The molecule has 0 bridgehead atoms. The molecular weight excluding hydrogens is 238 g/mol. The van der Waals surface area contributed by atoms with Gasteiger partial charge in [0.25, 0.3) is 0 Å². The van der Waals surface area contributed by atoms with Gasteiger partial charge in [-0.1, -0.05) is 17.7 Å². The van der Waals surface area contributed by atoms with Gasteiger partial charge < -0.3 is 15.2 Å². The van der Waals surface area contributed by atoms with Gasteiger partial charge in [0, 0.05) is 11.1 Å². The Kier molecular flexibility index (Phi) is 5.75. The van der Waals surface area contributed by atoms with Crippen molar-refractivity contribution in [2.24, 2.45) is 5.73 Å². The highest BCUT2D eigenvalue weighted by Crippen LogP contribution is 2.26. The SMILES string of the molecule is CC(C)OCCOc1ccc(C(C)N)c(Cl)c1. The second-order valence-electron chi connectivity index (χ2n) is 4.24. The molecule has 0 saturated carbocycles. The quantitative estimate of drug-likeness (QED) is 0.796. The predicted molar refractivity (Wildman–Crippen MR) is 70.6 cm³/mol. The van der Waals surface area contributed by atoms with Crippen LogP contribution >= 0.6 is 11.6 Å². The summed E-state index contributed by atoms with van der Waals surface area (Å²) < 4.78 is 10.9. The van der Waals surface area contributed by atoms with Gasteiger partial charge in [0.15, 0.2) is 0 Å². The van der Waals surface area contributed by atoms with Crippen LogP contribution in [0.3, 0.4) is 0 Å². The van der Waals surface area contributed by atoms with Crippen LogP contribution in [-0.2, 0) is 4.74 Å². The summed E-state index contributed by atoms with van der Waals surface area (Å²) in [6, 6.07) is 5.49. The van der Waals surface area contributed by atoms with Crippen molar-refractivity contribution >= 4 is 11.6 Å². The van der Waals surface area contributed by atoms with Crippen molar-refractivity contribution in [3.05, 3.63) is 28.8 Å². The van der Waals surface area contributed by atoms with E-state index >= 15 is 0 Å². The number of ether oxygens (including phenoxy) is 2. The van der Waals surface area contributed by atoms with Crippen molar-refractivity contribution in [3.63, 3.8) is 0 Å². The van der Waals surface area contributed by atoms with Gasteiger partial charge in [-0.2, -0.15) is 0 Å². The Morgan fingerprint density at radius 2 is 1.94 bits per heavy atom. The summed E-state index contributed by atoms with van der Waals surface area (Å²) >= 11 is 6.10. The molecule has 0 aromatic heterocycles. The number of nitrogens with two attached hydrogens (primary N) is 1. The first-order chi connectivity index (χ1) is 8.00. The molecule has 2 N–H and O–H groups in total. The van der Waals surface area contributed by atoms with Crippen molar-refractivity contribution in [3.8, 4) is 5.75 Å². The summed E-state index contributed by atoms with van der Waals surface area (Å²) in [5.41, 5.74) is 6.70. The van der Waals surface area contributed by atoms with Crippen molar-refractivity contribution in [1.29, 1.82) is 0 Å². The monoisotopic (exact) mass is 257 g/mol.